The first-order chi connectivity index (χ1) is 10.2. The van der Waals surface area contributed by atoms with Gasteiger partial charge >= 0.3 is 0 Å². The molecule has 1 atom stereocenters. The van der Waals surface area contributed by atoms with Crippen molar-refractivity contribution in [2.24, 2.45) is 5.84 Å². The number of nitrogens with one attached hydrogen (secondary N) is 1. The molecule has 0 aliphatic carbocycles. The first-order valence-corrected chi connectivity index (χ1v) is 7.36. The maximum atomic E-state index is 6.20. The van der Waals surface area contributed by atoms with Crippen LogP contribution in [0.1, 0.15) is 20.3 Å². The highest BCUT2D eigenvalue weighted by Gasteiger charge is 2.12. The summed E-state index contributed by atoms with van der Waals surface area (Å²) < 4.78 is 0. The highest BCUT2D eigenvalue weighted by molar-refractivity contribution is 5.49. The molecule has 4 nitrogen and oxygen atoms in total. The van der Waals surface area contributed by atoms with E-state index < -0.39 is 0 Å². The lowest BCUT2D eigenvalue weighted by atomic mass is 10.3. The zero-order valence-electron chi connectivity index (χ0n) is 12.7. The molecule has 21 heavy (non-hydrogen) atoms. The smallest absolute Gasteiger partial charge is 0.120 e. The van der Waals surface area contributed by atoms with Gasteiger partial charge in [-0.05, 0) is 37.6 Å². The van der Waals surface area contributed by atoms with Crippen LogP contribution in [0.2, 0.25) is 0 Å². The molecule has 3 N–H and O–H groups in total. The molecule has 0 saturated carbocycles. The SMILES string of the molecule is CCC(C)NN(CN(N)c1ccccc1)c1ccccc1. The van der Waals surface area contributed by atoms with Gasteiger partial charge in [0, 0.05) is 6.04 Å². The van der Waals surface area contributed by atoms with E-state index in [1.165, 1.54) is 0 Å². The Balaban J connectivity index is 2.12. The Morgan fingerprint density at radius 3 is 2.00 bits per heavy atom. The highest BCUT2D eigenvalue weighted by Crippen LogP contribution is 2.15. The van der Waals surface area contributed by atoms with E-state index in [1.54, 1.807) is 5.01 Å². The molecule has 0 radical (unpaired) electrons. The molecule has 1 unspecified atom stereocenters. The third-order valence-corrected chi connectivity index (χ3v) is 3.44. The van der Waals surface area contributed by atoms with Gasteiger partial charge in [0.05, 0.1) is 11.4 Å². The quantitative estimate of drug-likeness (QED) is 0.466. The van der Waals surface area contributed by atoms with E-state index in [0.29, 0.717) is 12.7 Å². The number of anilines is 2. The number of nitrogens with zero attached hydrogens (tertiary/aromatic N) is 2. The zero-order chi connectivity index (χ0) is 15.1. The van der Waals surface area contributed by atoms with Crippen molar-refractivity contribution >= 4 is 11.4 Å². The molecule has 2 rings (SSSR count). The molecule has 0 saturated heterocycles. The average Bonchev–Trinajstić information content (AvgIpc) is 2.55. The monoisotopic (exact) mass is 284 g/mol. The van der Waals surface area contributed by atoms with Gasteiger partial charge in [-0.25, -0.2) is 11.3 Å². The molecule has 4 heteroatoms. The van der Waals surface area contributed by atoms with Gasteiger partial charge in [0.2, 0.25) is 0 Å². The summed E-state index contributed by atoms with van der Waals surface area (Å²) in [4.78, 5) is 0. The molecule has 0 aliphatic rings. The molecule has 0 heterocycles. The standard InChI is InChI=1S/C17H24N4/c1-3-15(2)19-21(17-12-8-5-9-13-17)14-20(18)16-10-6-4-7-11-16/h4-13,15,19H,3,14,18H2,1-2H3. The Morgan fingerprint density at radius 1 is 0.952 bits per heavy atom. The van der Waals surface area contributed by atoms with Crippen LogP contribution in [-0.2, 0) is 0 Å². The number of hydrogen-bond donors (Lipinski definition) is 2. The van der Waals surface area contributed by atoms with Crippen LogP contribution < -0.4 is 21.3 Å². The first kappa shape index (κ1) is 15.4. The number of nitrogens with two attached hydrogens (primary N) is 1. The summed E-state index contributed by atoms with van der Waals surface area (Å²) in [6, 6.07) is 20.6. The Labute approximate surface area is 127 Å². The second-order valence-corrected chi connectivity index (χ2v) is 5.15. The van der Waals surface area contributed by atoms with Crippen LogP contribution in [0, 0.1) is 0 Å². The molecule has 0 aliphatic heterocycles. The second kappa shape index (κ2) is 7.67. The minimum atomic E-state index is 0.384. The lowest BCUT2D eigenvalue weighted by Gasteiger charge is -2.33. The summed E-state index contributed by atoms with van der Waals surface area (Å²) in [5.74, 6) is 6.20. The van der Waals surface area contributed by atoms with Crippen molar-refractivity contribution in [2.45, 2.75) is 26.3 Å². The van der Waals surface area contributed by atoms with Crippen LogP contribution in [0.4, 0.5) is 11.4 Å². The van der Waals surface area contributed by atoms with Crippen molar-refractivity contribution < 1.29 is 0 Å². The summed E-state index contributed by atoms with van der Waals surface area (Å²) >= 11 is 0. The molecule has 0 bridgehead atoms. The molecule has 2 aromatic carbocycles. The number of rotatable bonds is 7. The third kappa shape index (κ3) is 4.48. The van der Waals surface area contributed by atoms with E-state index in [-0.39, 0.29) is 0 Å². The molecule has 0 amide bonds. The van der Waals surface area contributed by atoms with E-state index in [9.17, 15) is 0 Å². The summed E-state index contributed by atoms with van der Waals surface area (Å²) in [6.45, 7) is 4.90. The lowest BCUT2D eigenvalue weighted by molar-refractivity contribution is 0.499. The van der Waals surface area contributed by atoms with E-state index in [4.69, 9.17) is 5.84 Å². The van der Waals surface area contributed by atoms with E-state index in [0.717, 1.165) is 17.8 Å². The summed E-state index contributed by atoms with van der Waals surface area (Å²) in [5, 5.41) is 3.82. The van der Waals surface area contributed by atoms with Gasteiger partial charge in [-0.3, -0.25) is 10.0 Å². The minimum Gasteiger partial charge on any atom is -0.290 e. The zero-order valence-corrected chi connectivity index (χ0v) is 12.7. The lowest BCUT2D eigenvalue weighted by Crippen LogP contribution is -2.51. The normalized spacial score (nSPS) is 12.0. The van der Waals surface area contributed by atoms with Crippen LogP contribution in [0.3, 0.4) is 0 Å². The van der Waals surface area contributed by atoms with Crippen LogP contribution in [0.25, 0.3) is 0 Å². The van der Waals surface area contributed by atoms with E-state index >= 15 is 0 Å². The molecule has 2 aromatic rings. The summed E-state index contributed by atoms with van der Waals surface area (Å²) in [6.07, 6.45) is 1.05. The summed E-state index contributed by atoms with van der Waals surface area (Å²) in [5.41, 5.74) is 5.59. The van der Waals surface area contributed by atoms with Crippen LogP contribution in [-0.4, -0.2) is 12.7 Å². The van der Waals surface area contributed by atoms with Gasteiger partial charge in [-0.1, -0.05) is 43.3 Å². The number of benzene rings is 2. The van der Waals surface area contributed by atoms with E-state index in [2.05, 4.69) is 36.4 Å². The van der Waals surface area contributed by atoms with Crippen LogP contribution >= 0.6 is 0 Å². The van der Waals surface area contributed by atoms with Gasteiger partial charge in [0.25, 0.3) is 0 Å². The van der Waals surface area contributed by atoms with Crippen LogP contribution in [0.15, 0.2) is 60.7 Å². The van der Waals surface area contributed by atoms with Crippen molar-refractivity contribution in [3.8, 4) is 0 Å². The Hall–Kier alpha value is -2.04. The third-order valence-electron chi connectivity index (χ3n) is 3.44. The topological polar surface area (TPSA) is 44.5 Å². The van der Waals surface area contributed by atoms with Crippen molar-refractivity contribution in [1.29, 1.82) is 0 Å². The van der Waals surface area contributed by atoms with Gasteiger partial charge in [0.1, 0.15) is 6.67 Å². The van der Waals surface area contributed by atoms with Crippen molar-refractivity contribution in [3.05, 3.63) is 60.7 Å². The van der Waals surface area contributed by atoms with Crippen molar-refractivity contribution in [3.63, 3.8) is 0 Å². The molecular formula is C17H24N4. The Kier molecular flexibility index (Phi) is 5.60. The van der Waals surface area contributed by atoms with Gasteiger partial charge < -0.3 is 0 Å². The van der Waals surface area contributed by atoms with Crippen molar-refractivity contribution in [1.82, 2.24) is 5.43 Å². The summed E-state index contributed by atoms with van der Waals surface area (Å²) in [7, 11) is 0. The number of hydrazine groups is 2. The molecular weight excluding hydrogens is 260 g/mol. The Bertz CT molecular complexity index is 515. The fourth-order valence-electron chi connectivity index (χ4n) is 2.02. The minimum absolute atomic E-state index is 0.384. The predicted octanol–water partition coefficient (Wildman–Crippen LogP) is 3.13. The Morgan fingerprint density at radius 2 is 1.48 bits per heavy atom. The number of hydrogen-bond acceptors (Lipinski definition) is 4. The van der Waals surface area contributed by atoms with Gasteiger partial charge in [-0.2, -0.15) is 0 Å². The average molecular weight is 284 g/mol. The molecule has 0 spiro atoms. The molecule has 0 fully saturated rings. The fraction of sp³-hybridized carbons (Fsp3) is 0.294. The predicted molar refractivity (Wildman–Crippen MR) is 89.8 cm³/mol. The second-order valence-electron chi connectivity index (χ2n) is 5.15. The van der Waals surface area contributed by atoms with Crippen LogP contribution in [0.5, 0.6) is 0 Å². The van der Waals surface area contributed by atoms with Gasteiger partial charge in [0.15, 0.2) is 0 Å². The largest absolute Gasteiger partial charge is 0.290 e. The van der Waals surface area contributed by atoms with E-state index in [1.807, 2.05) is 48.5 Å². The first-order valence-electron chi connectivity index (χ1n) is 7.36. The maximum Gasteiger partial charge on any atom is 0.120 e. The van der Waals surface area contributed by atoms with Crippen molar-refractivity contribution in [2.75, 3.05) is 16.7 Å². The molecule has 0 aromatic heterocycles. The highest BCUT2D eigenvalue weighted by atomic mass is 15.6. The fourth-order valence-corrected chi connectivity index (χ4v) is 2.02. The van der Waals surface area contributed by atoms with Gasteiger partial charge in [-0.15, -0.1) is 0 Å². The molecule has 112 valence electrons. The maximum absolute atomic E-state index is 6.20. The number of para-hydroxylation sites is 2.